The van der Waals surface area contributed by atoms with E-state index in [9.17, 15) is 9.59 Å². The minimum atomic E-state index is -0.887. The highest BCUT2D eigenvalue weighted by Gasteiger charge is 2.48. The lowest BCUT2D eigenvalue weighted by Gasteiger charge is -2.08. The highest BCUT2D eigenvalue weighted by molar-refractivity contribution is 5.89. The number of imidazole rings is 1. The van der Waals surface area contributed by atoms with Gasteiger partial charge < -0.3 is 15.0 Å². The van der Waals surface area contributed by atoms with E-state index in [1.807, 2.05) is 48.8 Å². The average Bonchev–Trinajstić information content (AvgIpc) is 3.37. The molecule has 4 rings (SSSR count). The molecule has 1 heterocycles. The summed E-state index contributed by atoms with van der Waals surface area (Å²) < 4.78 is 2.10. The summed E-state index contributed by atoms with van der Waals surface area (Å²) in [4.78, 5) is 27.1. The molecule has 6 nitrogen and oxygen atoms in total. The van der Waals surface area contributed by atoms with Crippen LogP contribution in [0.5, 0.6) is 0 Å². The van der Waals surface area contributed by atoms with Crippen LogP contribution in [0.3, 0.4) is 0 Å². The molecular formula is C20H19N3O3. The summed E-state index contributed by atoms with van der Waals surface area (Å²) in [5.74, 6) is -1.95. The van der Waals surface area contributed by atoms with Gasteiger partial charge in [-0.3, -0.25) is 9.59 Å². The van der Waals surface area contributed by atoms with Crippen molar-refractivity contribution >= 4 is 22.9 Å². The molecular weight excluding hydrogens is 330 g/mol. The number of amides is 1. The number of nitrogens with one attached hydrogen (secondary N) is 1. The number of benzene rings is 2. The maximum atomic E-state index is 11.9. The standard InChI is InChI=1S/C20H19N3O3/c24-19(15-9-16(15)20(25)26)21-10-13-5-7-14(8-6-13)11-23-12-22-17-3-1-2-4-18(17)23/h1-8,12,15-16H,9-11H2,(H,21,24)(H,25,26)/t15-,16-/m0/s1. The first kappa shape index (κ1) is 16.3. The molecule has 6 heteroatoms. The Morgan fingerprint density at radius 1 is 1.08 bits per heavy atom. The molecule has 2 aromatic carbocycles. The molecule has 26 heavy (non-hydrogen) atoms. The van der Waals surface area contributed by atoms with Crippen LogP contribution in [-0.2, 0) is 22.7 Å². The average molecular weight is 349 g/mol. The SMILES string of the molecule is O=C(O)[C@H]1C[C@@H]1C(=O)NCc1ccc(Cn2cnc3ccccc32)cc1. The fraction of sp³-hybridized carbons (Fsp3) is 0.250. The van der Waals surface area contributed by atoms with Gasteiger partial charge >= 0.3 is 5.97 Å². The first-order chi connectivity index (χ1) is 12.6. The van der Waals surface area contributed by atoms with Gasteiger partial charge in [0.25, 0.3) is 0 Å². The lowest BCUT2D eigenvalue weighted by atomic mass is 10.1. The summed E-state index contributed by atoms with van der Waals surface area (Å²) in [6, 6.07) is 16.1. The maximum Gasteiger partial charge on any atom is 0.307 e. The Morgan fingerprint density at radius 2 is 1.81 bits per heavy atom. The Kier molecular flexibility index (Phi) is 4.16. The zero-order chi connectivity index (χ0) is 18.1. The molecule has 1 aromatic heterocycles. The number of para-hydroxylation sites is 2. The van der Waals surface area contributed by atoms with Crippen molar-refractivity contribution in [2.24, 2.45) is 11.8 Å². The zero-order valence-electron chi connectivity index (χ0n) is 14.1. The van der Waals surface area contributed by atoms with Gasteiger partial charge in [-0.05, 0) is 29.7 Å². The third-order valence-electron chi connectivity index (χ3n) is 4.81. The van der Waals surface area contributed by atoms with Crippen molar-refractivity contribution in [1.82, 2.24) is 14.9 Å². The molecule has 1 saturated carbocycles. The second kappa shape index (κ2) is 6.63. The molecule has 2 N–H and O–H groups in total. The highest BCUT2D eigenvalue weighted by Crippen LogP contribution is 2.38. The molecule has 3 aromatic rings. The van der Waals surface area contributed by atoms with Gasteiger partial charge in [0.15, 0.2) is 0 Å². The van der Waals surface area contributed by atoms with Crippen molar-refractivity contribution < 1.29 is 14.7 Å². The van der Waals surface area contributed by atoms with E-state index in [0.717, 1.165) is 28.7 Å². The summed E-state index contributed by atoms with van der Waals surface area (Å²) in [6.45, 7) is 1.14. The summed E-state index contributed by atoms with van der Waals surface area (Å²) in [7, 11) is 0. The molecule has 2 atom stereocenters. The number of carbonyl (C=O) groups is 2. The predicted octanol–water partition coefficient (Wildman–Crippen LogP) is 2.42. The van der Waals surface area contributed by atoms with Gasteiger partial charge in [0.1, 0.15) is 0 Å². The summed E-state index contributed by atoms with van der Waals surface area (Å²) in [5, 5.41) is 11.7. The van der Waals surface area contributed by atoms with Crippen molar-refractivity contribution in [3.63, 3.8) is 0 Å². The summed E-state index contributed by atoms with van der Waals surface area (Å²) >= 11 is 0. The summed E-state index contributed by atoms with van der Waals surface area (Å²) in [6.07, 6.45) is 2.28. The van der Waals surface area contributed by atoms with Gasteiger partial charge in [-0.1, -0.05) is 36.4 Å². The number of nitrogens with zero attached hydrogens (tertiary/aromatic N) is 2. The van der Waals surface area contributed by atoms with E-state index >= 15 is 0 Å². The van der Waals surface area contributed by atoms with E-state index in [1.54, 1.807) is 0 Å². The number of hydrogen-bond acceptors (Lipinski definition) is 3. The van der Waals surface area contributed by atoms with E-state index in [4.69, 9.17) is 5.11 Å². The summed E-state index contributed by atoms with van der Waals surface area (Å²) in [5.41, 5.74) is 4.22. The predicted molar refractivity (Wildman–Crippen MR) is 96.4 cm³/mol. The van der Waals surface area contributed by atoms with Gasteiger partial charge in [0.05, 0.1) is 29.2 Å². The number of hydrogen-bond donors (Lipinski definition) is 2. The van der Waals surface area contributed by atoms with Crippen LogP contribution in [0.15, 0.2) is 54.9 Å². The lowest BCUT2D eigenvalue weighted by molar-refractivity contribution is -0.140. The largest absolute Gasteiger partial charge is 0.481 e. The third kappa shape index (κ3) is 3.31. The van der Waals surface area contributed by atoms with E-state index in [-0.39, 0.29) is 11.8 Å². The van der Waals surface area contributed by atoms with Crippen LogP contribution in [0.2, 0.25) is 0 Å². The van der Waals surface area contributed by atoms with Gasteiger partial charge in [0, 0.05) is 13.1 Å². The van der Waals surface area contributed by atoms with Crippen LogP contribution in [0.1, 0.15) is 17.5 Å². The minimum Gasteiger partial charge on any atom is -0.481 e. The monoisotopic (exact) mass is 349 g/mol. The van der Waals surface area contributed by atoms with Crippen molar-refractivity contribution in [2.45, 2.75) is 19.5 Å². The van der Waals surface area contributed by atoms with Crippen molar-refractivity contribution in [3.05, 3.63) is 66.0 Å². The fourth-order valence-electron chi connectivity index (χ4n) is 3.17. The van der Waals surface area contributed by atoms with Crippen molar-refractivity contribution in [3.8, 4) is 0 Å². The van der Waals surface area contributed by atoms with E-state index in [2.05, 4.69) is 20.9 Å². The Balaban J connectivity index is 1.35. The molecule has 1 fully saturated rings. The fourth-order valence-corrected chi connectivity index (χ4v) is 3.17. The van der Waals surface area contributed by atoms with Gasteiger partial charge in [-0.2, -0.15) is 0 Å². The number of aromatic nitrogens is 2. The Morgan fingerprint density at radius 3 is 2.54 bits per heavy atom. The first-order valence-corrected chi connectivity index (χ1v) is 8.60. The van der Waals surface area contributed by atoms with Crippen molar-refractivity contribution in [1.29, 1.82) is 0 Å². The van der Waals surface area contributed by atoms with Crippen LogP contribution in [0.4, 0.5) is 0 Å². The Hall–Kier alpha value is -3.15. The second-order valence-corrected chi connectivity index (χ2v) is 6.68. The smallest absolute Gasteiger partial charge is 0.307 e. The van der Waals surface area contributed by atoms with E-state index < -0.39 is 11.9 Å². The molecule has 0 saturated heterocycles. The van der Waals surface area contributed by atoms with Crippen LogP contribution >= 0.6 is 0 Å². The number of carbonyl (C=O) groups excluding carboxylic acids is 1. The Labute approximate surface area is 150 Å². The topological polar surface area (TPSA) is 84.2 Å². The molecule has 1 aliphatic carbocycles. The second-order valence-electron chi connectivity index (χ2n) is 6.68. The highest BCUT2D eigenvalue weighted by atomic mass is 16.4. The number of carboxylic acid groups (broad SMARTS) is 1. The van der Waals surface area contributed by atoms with Gasteiger partial charge in [-0.25, -0.2) is 4.98 Å². The quantitative estimate of drug-likeness (QED) is 0.716. The molecule has 0 aliphatic heterocycles. The van der Waals surface area contributed by atoms with E-state index in [1.165, 1.54) is 0 Å². The lowest BCUT2D eigenvalue weighted by Crippen LogP contribution is -2.25. The Bertz CT molecular complexity index is 962. The molecule has 1 aliphatic rings. The van der Waals surface area contributed by atoms with Crippen molar-refractivity contribution in [2.75, 3.05) is 0 Å². The number of fused-ring (bicyclic) bond motifs is 1. The molecule has 0 spiro atoms. The van der Waals surface area contributed by atoms with E-state index in [0.29, 0.717) is 13.0 Å². The zero-order valence-corrected chi connectivity index (χ0v) is 14.1. The third-order valence-corrected chi connectivity index (χ3v) is 4.81. The molecule has 0 unspecified atom stereocenters. The van der Waals surface area contributed by atoms with Crippen LogP contribution < -0.4 is 5.32 Å². The molecule has 1 amide bonds. The van der Waals surface area contributed by atoms with Gasteiger partial charge in [-0.15, -0.1) is 0 Å². The molecule has 132 valence electrons. The minimum absolute atomic E-state index is 0.175. The molecule has 0 bridgehead atoms. The van der Waals surface area contributed by atoms with Gasteiger partial charge in [0.2, 0.25) is 5.91 Å². The maximum absolute atomic E-state index is 11.9. The van der Waals surface area contributed by atoms with Crippen LogP contribution in [-0.4, -0.2) is 26.5 Å². The number of aliphatic carboxylic acids is 1. The number of rotatable bonds is 6. The number of carboxylic acids is 1. The van der Waals surface area contributed by atoms with Crippen LogP contribution in [0.25, 0.3) is 11.0 Å². The van der Waals surface area contributed by atoms with Crippen LogP contribution in [0, 0.1) is 11.8 Å². The first-order valence-electron chi connectivity index (χ1n) is 8.60. The molecule has 0 radical (unpaired) electrons. The normalized spacial score (nSPS) is 18.6.